The second-order valence-electron chi connectivity index (χ2n) is 5.04. The normalized spacial score (nSPS) is 11.5. The van der Waals surface area contributed by atoms with Gasteiger partial charge in [-0.15, -0.1) is 0 Å². The fourth-order valence-corrected chi connectivity index (χ4v) is 3.30. The molecule has 25 heavy (non-hydrogen) atoms. The summed E-state index contributed by atoms with van der Waals surface area (Å²) >= 11 is 12.0. The number of hydrazone groups is 1. The Morgan fingerprint density at radius 2 is 1.72 bits per heavy atom. The van der Waals surface area contributed by atoms with Crippen LogP contribution in [0.1, 0.15) is 5.56 Å². The van der Waals surface area contributed by atoms with Crippen LogP contribution in [0, 0.1) is 0 Å². The van der Waals surface area contributed by atoms with Gasteiger partial charge in [-0.3, -0.25) is 9.10 Å². The molecular weight excluding hydrogens is 385 g/mol. The maximum absolute atomic E-state index is 12.1. The number of hydrogen-bond acceptors (Lipinski definition) is 4. The molecular formula is C16H15Cl2N3O3S. The summed E-state index contributed by atoms with van der Waals surface area (Å²) in [6, 6.07) is 13.3. The minimum absolute atomic E-state index is 0.219. The van der Waals surface area contributed by atoms with E-state index in [1.54, 1.807) is 42.5 Å². The zero-order valence-corrected chi connectivity index (χ0v) is 15.5. The summed E-state index contributed by atoms with van der Waals surface area (Å²) in [4.78, 5) is 12.1. The fourth-order valence-electron chi connectivity index (χ4n) is 1.95. The van der Waals surface area contributed by atoms with Gasteiger partial charge in [-0.1, -0.05) is 53.5 Å². The Bertz CT molecular complexity index is 901. The van der Waals surface area contributed by atoms with Gasteiger partial charge in [-0.2, -0.15) is 5.10 Å². The summed E-state index contributed by atoms with van der Waals surface area (Å²) in [5.41, 5.74) is 3.11. The third-order valence-corrected chi connectivity index (χ3v) is 4.90. The van der Waals surface area contributed by atoms with Gasteiger partial charge in [-0.05, 0) is 18.2 Å². The molecule has 2 rings (SSSR count). The molecule has 0 saturated heterocycles. The van der Waals surface area contributed by atoms with Crippen molar-refractivity contribution in [3.63, 3.8) is 0 Å². The van der Waals surface area contributed by atoms with E-state index >= 15 is 0 Å². The summed E-state index contributed by atoms with van der Waals surface area (Å²) in [6.45, 7) is -0.456. The Hall–Kier alpha value is -2.09. The summed E-state index contributed by atoms with van der Waals surface area (Å²) < 4.78 is 24.9. The number of halogens is 2. The van der Waals surface area contributed by atoms with Crippen LogP contribution in [0.25, 0.3) is 0 Å². The maximum atomic E-state index is 12.1. The van der Waals surface area contributed by atoms with Crippen LogP contribution in [0.2, 0.25) is 10.0 Å². The third kappa shape index (κ3) is 5.45. The van der Waals surface area contributed by atoms with E-state index in [1.807, 2.05) is 0 Å². The number of anilines is 1. The van der Waals surface area contributed by atoms with Crippen molar-refractivity contribution in [2.24, 2.45) is 5.10 Å². The van der Waals surface area contributed by atoms with E-state index in [4.69, 9.17) is 23.2 Å². The van der Waals surface area contributed by atoms with Crippen molar-refractivity contribution in [3.8, 4) is 0 Å². The highest BCUT2D eigenvalue weighted by Crippen LogP contribution is 2.26. The maximum Gasteiger partial charge on any atom is 0.260 e. The van der Waals surface area contributed by atoms with Gasteiger partial charge >= 0.3 is 0 Å². The molecule has 0 radical (unpaired) electrons. The highest BCUT2D eigenvalue weighted by Gasteiger charge is 2.22. The van der Waals surface area contributed by atoms with E-state index in [0.29, 0.717) is 10.6 Å². The molecule has 132 valence electrons. The lowest BCUT2D eigenvalue weighted by Gasteiger charge is -2.22. The van der Waals surface area contributed by atoms with Crippen LogP contribution in [0.15, 0.2) is 53.6 Å². The Morgan fingerprint density at radius 1 is 1.12 bits per heavy atom. The van der Waals surface area contributed by atoms with Gasteiger partial charge in [0.2, 0.25) is 10.0 Å². The molecule has 2 aromatic carbocycles. The number of sulfonamides is 1. The molecule has 0 aliphatic rings. The Labute approximate surface area is 156 Å². The lowest BCUT2D eigenvalue weighted by molar-refractivity contribution is -0.119. The van der Waals surface area contributed by atoms with E-state index in [2.05, 4.69) is 10.5 Å². The molecule has 2 aromatic rings. The first-order valence-corrected chi connectivity index (χ1v) is 9.68. The summed E-state index contributed by atoms with van der Waals surface area (Å²) in [6.07, 6.45) is 2.37. The monoisotopic (exact) mass is 399 g/mol. The molecule has 1 amide bonds. The number of amides is 1. The Morgan fingerprint density at radius 3 is 2.32 bits per heavy atom. The second kappa shape index (κ2) is 8.33. The lowest BCUT2D eigenvalue weighted by atomic mass is 10.2. The van der Waals surface area contributed by atoms with Gasteiger partial charge in [0, 0.05) is 10.6 Å². The van der Waals surface area contributed by atoms with E-state index in [1.165, 1.54) is 12.3 Å². The van der Waals surface area contributed by atoms with Crippen LogP contribution in [0.4, 0.5) is 5.69 Å². The Balaban J connectivity index is 2.11. The molecule has 0 atom stereocenters. The first-order chi connectivity index (χ1) is 11.8. The third-order valence-electron chi connectivity index (χ3n) is 3.11. The molecule has 0 bridgehead atoms. The molecule has 0 saturated carbocycles. The zero-order chi connectivity index (χ0) is 18.4. The molecule has 0 fully saturated rings. The van der Waals surface area contributed by atoms with E-state index in [9.17, 15) is 13.2 Å². The predicted octanol–water partition coefficient (Wildman–Crippen LogP) is 2.91. The van der Waals surface area contributed by atoms with E-state index in [-0.39, 0.29) is 10.7 Å². The average Bonchev–Trinajstić information content (AvgIpc) is 2.54. The number of nitrogens with one attached hydrogen (secondary N) is 1. The van der Waals surface area contributed by atoms with Crippen LogP contribution in [0.5, 0.6) is 0 Å². The summed E-state index contributed by atoms with van der Waals surface area (Å²) in [5, 5.41) is 4.49. The molecule has 0 spiro atoms. The van der Waals surface area contributed by atoms with Crippen molar-refractivity contribution in [2.75, 3.05) is 17.1 Å². The van der Waals surface area contributed by atoms with Crippen molar-refractivity contribution in [1.29, 1.82) is 0 Å². The van der Waals surface area contributed by atoms with Crippen molar-refractivity contribution < 1.29 is 13.2 Å². The van der Waals surface area contributed by atoms with Crippen LogP contribution in [-0.2, 0) is 14.8 Å². The molecule has 0 aromatic heterocycles. The minimum atomic E-state index is -3.70. The smallest absolute Gasteiger partial charge is 0.260 e. The number of hydrogen-bond donors (Lipinski definition) is 1. The van der Waals surface area contributed by atoms with Crippen molar-refractivity contribution in [2.45, 2.75) is 0 Å². The molecule has 0 aliphatic heterocycles. The zero-order valence-electron chi connectivity index (χ0n) is 13.2. The summed E-state index contributed by atoms with van der Waals surface area (Å²) in [5.74, 6) is -0.617. The van der Waals surface area contributed by atoms with Crippen molar-refractivity contribution >= 4 is 51.0 Å². The Kier molecular flexibility index (Phi) is 6.41. The van der Waals surface area contributed by atoms with Crippen LogP contribution in [0.3, 0.4) is 0 Å². The van der Waals surface area contributed by atoms with Gasteiger partial charge in [0.05, 0.1) is 23.2 Å². The molecule has 0 aliphatic carbocycles. The number of carbonyl (C=O) groups excluding carboxylic acids is 1. The van der Waals surface area contributed by atoms with E-state index in [0.717, 1.165) is 10.6 Å². The lowest BCUT2D eigenvalue weighted by Crippen LogP contribution is -2.39. The topological polar surface area (TPSA) is 78.8 Å². The summed E-state index contributed by atoms with van der Waals surface area (Å²) in [7, 11) is -3.70. The largest absolute Gasteiger partial charge is 0.271 e. The van der Waals surface area contributed by atoms with Crippen molar-refractivity contribution in [3.05, 3.63) is 64.1 Å². The quantitative estimate of drug-likeness (QED) is 0.598. The van der Waals surface area contributed by atoms with Gasteiger partial charge in [0.15, 0.2) is 0 Å². The number of carbonyl (C=O) groups is 1. The number of rotatable bonds is 6. The molecule has 0 heterocycles. The van der Waals surface area contributed by atoms with Crippen LogP contribution < -0.4 is 9.73 Å². The molecule has 9 heteroatoms. The first-order valence-electron chi connectivity index (χ1n) is 7.07. The minimum Gasteiger partial charge on any atom is -0.271 e. The SMILES string of the molecule is CS(=O)(=O)N(CC(=O)N/N=C\c1ccccc1Cl)c1ccccc1Cl. The van der Waals surface area contributed by atoms with Crippen LogP contribution in [-0.4, -0.2) is 33.3 Å². The van der Waals surface area contributed by atoms with E-state index < -0.39 is 22.5 Å². The number of nitrogens with zero attached hydrogens (tertiary/aromatic N) is 2. The molecule has 1 N–H and O–H groups in total. The molecule has 6 nitrogen and oxygen atoms in total. The predicted molar refractivity (Wildman–Crippen MR) is 101 cm³/mol. The number of benzene rings is 2. The van der Waals surface area contributed by atoms with Gasteiger partial charge in [0.25, 0.3) is 5.91 Å². The highest BCUT2D eigenvalue weighted by atomic mass is 35.5. The van der Waals surface area contributed by atoms with Gasteiger partial charge in [-0.25, -0.2) is 13.8 Å². The fraction of sp³-hybridized carbons (Fsp3) is 0.125. The number of para-hydroxylation sites is 1. The standard InChI is InChI=1S/C16H15Cl2N3O3S/c1-25(23,24)21(15-9-5-4-8-14(15)18)11-16(22)20-19-10-12-6-2-3-7-13(12)17/h2-10H,11H2,1H3,(H,20,22)/b19-10-. The highest BCUT2D eigenvalue weighted by molar-refractivity contribution is 7.92. The molecule has 0 unspecified atom stereocenters. The first kappa shape index (κ1) is 19.2. The van der Waals surface area contributed by atoms with Crippen molar-refractivity contribution in [1.82, 2.24) is 5.43 Å². The van der Waals surface area contributed by atoms with Gasteiger partial charge in [0.1, 0.15) is 6.54 Å². The second-order valence-corrected chi connectivity index (χ2v) is 7.76. The average molecular weight is 400 g/mol. The van der Waals surface area contributed by atoms with Gasteiger partial charge < -0.3 is 0 Å². The van der Waals surface area contributed by atoms with Crippen LogP contribution >= 0.6 is 23.2 Å².